The van der Waals surface area contributed by atoms with Crippen LogP contribution in [0.5, 0.6) is 0 Å². The molecule has 1 aromatic carbocycles. The predicted octanol–water partition coefficient (Wildman–Crippen LogP) is 1.91. The van der Waals surface area contributed by atoms with Gasteiger partial charge >= 0.3 is 0 Å². The largest absolute Gasteiger partial charge is 0.385 e. The molecule has 0 bridgehead atoms. The van der Waals surface area contributed by atoms with Crippen LogP contribution in [0.2, 0.25) is 0 Å². The van der Waals surface area contributed by atoms with Crippen molar-refractivity contribution in [2.75, 3.05) is 18.4 Å². The maximum absolute atomic E-state index is 12.1. The monoisotopic (exact) mass is 287 g/mol. The van der Waals surface area contributed by atoms with Crippen molar-refractivity contribution in [2.45, 2.75) is 26.7 Å². The molecule has 6 nitrogen and oxygen atoms in total. The maximum Gasteiger partial charge on any atom is 0.251 e. The van der Waals surface area contributed by atoms with Gasteiger partial charge in [0.15, 0.2) is 0 Å². The molecule has 0 spiro atoms. The number of hydrogen-bond donors (Lipinski definition) is 3. The Morgan fingerprint density at radius 3 is 2.90 bits per heavy atom. The molecule has 112 valence electrons. The lowest BCUT2D eigenvalue weighted by Gasteiger charge is -2.10. The number of carbonyl (C=O) groups is 1. The standard InChI is InChI=1S/C15H21N5O/c1-3-16-13-7-6-12(9-11(13)2)15(21)17-8-4-5-14-18-10-19-20-14/h6-7,9-10,16H,3-5,8H2,1-2H3,(H,17,21)(H,18,19,20). The number of anilines is 1. The summed E-state index contributed by atoms with van der Waals surface area (Å²) in [4.78, 5) is 16.1. The number of H-pyrrole nitrogens is 1. The molecule has 0 radical (unpaired) electrons. The fraction of sp³-hybridized carbons (Fsp3) is 0.400. The van der Waals surface area contributed by atoms with E-state index in [1.165, 1.54) is 6.33 Å². The van der Waals surface area contributed by atoms with Gasteiger partial charge in [-0.3, -0.25) is 9.89 Å². The highest BCUT2D eigenvalue weighted by molar-refractivity contribution is 5.94. The zero-order valence-electron chi connectivity index (χ0n) is 12.4. The second-order valence-corrected chi connectivity index (χ2v) is 4.85. The predicted molar refractivity (Wildman–Crippen MR) is 82.4 cm³/mol. The molecule has 0 unspecified atom stereocenters. The lowest BCUT2D eigenvalue weighted by molar-refractivity contribution is 0.0953. The van der Waals surface area contributed by atoms with E-state index in [4.69, 9.17) is 0 Å². The van der Waals surface area contributed by atoms with Gasteiger partial charge in [-0.25, -0.2) is 4.98 Å². The molecule has 0 atom stereocenters. The van der Waals surface area contributed by atoms with Crippen molar-refractivity contribution in [3.63, 3.8) is 0 Å². The van der Waals surface area contributed by atoms with E-state index in [0.717, 1.165) is 36.5 Å². The number of amides is 1. The van der Waals surface area contributed by atoms with Gasteiger partial charge < -0.3 is 10.6 Å². The van der Waals surface area contributed by atoms with Crippen LogP contribution in [0.1, 0.15) is 35.1 Å². The highest BCUT2D eigenvalue weighted by Gasteiger charge is 2.07. The summed E-state index contributed by atoms with van der Waals surface area (Å²) in [6, 6.07) is 5.70. The number of aromatic nitrogens is 3. The number of hydrogen-bond acceptors (Lipinski definition) is 4. The fourth-order valence-electron chi connectivity index (χ4n) is 2.10. The Balaban J connectivity index is 1.81. The molecule has 1 amide bonds. The van der Waals surface area contributed by atoms with Crippen molar-refractivity contribution in [1.82, 2.24) is 20.5 Å². The van der Waals surface area contributed by atoms with Gasteiger partial charge in [-0.05, 0) is 44.0 Å². The fourth-order valence-corrected chi connectivity index (χ4v) is 2.10. The summed E-state index contributed by atoms with van der Waals surface area (Å²) in [5.41, 5.74) is 2.83. The minimum atomic E-state index is -0.0429. The topological polar surface area (TPSA) is 82.7 Å². The number of carbonyl (C=O) groups excluding carboxylic acids is 1. The van der Waals surface area contributed by atoms with Crippen molar-refractivity contribution in [3.05, 3.63) is 41.5 Å². The van der Waals surface area contributed by atoms with Crippen LogP contribution in [0.25, 0.3) is 0 Å². The van der Waals surface area contributed by atoms with Crippen molar-refractivity contribution >= 4 is 11.6 Å². The molecular weight excluding hydrogens is 266 g/mol. The average molecular weight is 287 g/mol. The van der Waals surface area contributed by atoms with Gasteiger partial charge in [-0.15, -0.1) is 0 Å². The van der Waals surface area contributed by atoms with Gasteiger partial charge in [-0.1, -0.05) is 0 Å². The minimum absolute atomic E-state index is 0.0429. The Labute approximate surface area is 124 Å². The molecule has 1 aromatic heterocycles. The Hall–Kier alpha value is -2.37. The minimum Gasteiger partial charge on any atom is -0.385 e. The second kappa shape index (κ2) is 7.42. The quantitative estimate of drug-likeness (QED) is 0.679. The maximum atomic E-state index is 12.1. The summed E-state index contributed by atoms with van der Waals surface area (Å²) in [7, 11) is 0. The first-order valence-corrected chi connectivity index (χ1v) is 7.17. The summed E-state index contributed by atoms with van der Waals surface area (Å²) in [6.45, 7) is 5.54. The van der Waals surface area contributed by atoms with E-state index in [1.807, 2.05) is 25.1 Å². The van der Waals surface area contributed by atoms with Crippen molar-refractivity contribution in [3.8, 4) is 0 Å². The summed E-state index contributed by atoms with van der Waals surface area (Å²) < 4.78 is 0. The highest BCUT2D eigenvalue weighted by atomic mass is 16.1. The molecule has 0 aliphatic heterocycles. The van der Waals surface area contributed by atoms with Gasteiger partial charge in [0.05, 0.1) is 0 Å². The van der Waals surface area contributed by atoms with Gasteiger partial charge in [0, 0.05) is 30.8 Å². The van der Waals surface area contributed by atoms with Crippen LogP contribution >= 0.6 is 0 Å². The van der Waals surface area contributed by atoms with Crippen LogP contribution in [0.15, 0.2) is 24.5 Å². The molecule has 0 saturated heterocycles. The van der Waals surface area contributed by atoms with Gasteiger partial charge in [-0.2, -0.15) is 5.10 Å². The van der Waals surface area contributed by atoms with E-state index in [2.05, 4.69) is 32.7 Å². The first-order valence-electron chi connectivity index (χ1n) is 7.17. The number of nitrogens with zero attached hydrogens (tertiary/aromatic N) is 2. The molecule has 2 rings (SSSR count). The lowest BCUT2D eigenvalue weighted by Crippen LogP contribution is -2.25. The third-order valence-electron chi connectivity index (χ3n) is 3.20. The van der Waals surface area contributed by atoms with Crippen molar-refractivity contribution in [1.29, 1.82) is 0 Å². The van der Waals surface area contributed by atoms with Crippen LogP contribution in [0.3, 0.4) is 0 Å². The molecule has 0 saturated carbocycles. The van der Waals surface area contributed by atoms with E-state index in [0.29, 0.717) is 12.1 Å². The zero-order valence-corrected chi connectivity index (χ0v) is 12.4. The summed E-state index contributed by atoms with van der Waals surface area (Å²) in [5, 5.41) is 12.8. The molecule has 0 aliphatic carbocycles. The van der Waals surface area contributed by atoms with E-state index < -0.39 is 0 Å². The van der Waals surface area contributed by atoms with Gasteiger partial charge in [0.2, 0.25) is 0 Å². The normalized spacial score (nSPS) is 10.4. The van der Waals surface area contributed by atoms with E-state index in [9.17, 15) is 4.79 Å². The zero-order chi connectivity index (χ0) is 15.1. The highest BCUT2D eigenvalue weighted by Crippen LogP contribution is 2.16. The van der Waals surface area contributed by atoms with Crippen LogP contribution in [0, 0.1) is 6.92 Å². The first kappa shape index (κ1) is 15.0. The van der Waals surface area contributed by atoms with E-state index in [-0.39, 0.29) is 5.91 Å². The average Bonchev–Trinajstić information content (AvgIpc) is 2.99. The summed E-state index contributed by atoms with van der Waals surface area (Å²) in [5.74, 6) is 0.800. The Kier molecular flexibility index (Phi) is 5.31. The Morgan fingerprint density at radius 1 is 1.38 bits per heavy atom. The molecular formula is C15H21N5O. The second-order valence-electron chi connectivity index (χ2n) is 4.85. The van der Waals surface area contributed by atoms with Crippen molar-refractivity contribution in [2.24, 2.45) is 0 Å². The van der Waals surface area contributed by atoms with Crippen LogP contribution in [-0.4, -0.2) is 34.2 Å². The molecule has 2 aromatic rings. The van der Waals surface area contributed by atoms with Crippen molar-refractivity contribution < 1.29 is 4.79 Å². The molecule has 21 heavy (non-hydrogen) atoms. The number of aromatic amines is 1. The Bertz CT molecular complexity index is 580. The molecule has 3 N–H and O–H groups in total. The molecule has 1 heterocycles. The molecule has 6 heteroatoms. The third kappa shape index (κ3) is 4.30. The SMILES string of the molecule is CCNc1ccc(C(=O)NCCCc2ncn[nH]2)cc1C. The molecule has 0 fully saturated rings. The smallest absolute Gasteiger partial charge is 0.251 e. The first-order chi connectivity index (χ1) is 10.2. The number of rotatable bonds is 7. The number of nitrogens with one attached hydrogen (secondary N) is 3. The van der Waals surface area contributed by atoms with E-state index >= 15 is 0 Å². The number of aryl methyl sites for hydroxylation is 2. The van der Waals surface area contributed by atoms with Crippen LogP contribution in [0.4, 0.5) is 5.69 Å². The number of benzene rings is 1. The lowest BCUT2D eigenvalue weighted by atomic mass is 10.1. The van der Waals surface area contributed by atoms with E-state index in [1.54, 1.807) is 0 Å². The van der Waals surface area contributed by atoms with Gasteiger partial charge in [0.1, 0.15) is 12.2 Å². The molecule has 0 aliphatic rings. The van der Waals surface area contributed by atoms with Crippen LogP contribution < -0.4 is 10.6 Å². The third-order valence-corrected chi connectivity index (χ3v) is 3.20. The summed E-state index contributed by atoms with van der Waals surface area (Å²) in [6.07, 6.45) is 3.09. The van der Waals surface area contributed by atoms with Gasteiger partial charge in [0.25, 0.3) is 5.91 Å². The Morgan fingerprint density at radius 2 is 2.24 bits per heavy atom. The summed E-state index contributed by atoms with van der Waals surface area (Å²) >= 11 is 0. The van der Waals surface area contributed by atoms with Crippen LogP contribution in [-0.2, 0) is 6.42 Å².